The SMILES string of the molecule is COC1CC(n2ccc3c(CN4CCCC4)cc(Cl)nc32)C1. The second-order valence-corrected chi connectivity index (χ2v) is 6.92. The normalized spacial score (nSPS) is 25.7. The van der Waals surface area contributed by atoms with E-state index in [0.29, 0.717) is 17.3 Å². The summed E-state index contributed by atoms with van der Waals surface area (Å²) in [6.45, 7) is 3.37. The summed E-state index contributed by atoms with van der Waals surface area (Å²) in [6.07, 6.45) is 7.31. The Morgan fingerprint density at radius 1 is 1.32 bits per heavy atom. The molecule has 0 spiro atoms. The fraction of sp³-hybridized carbons (Fsp3) is 0.588. The molecule has 5 heteroatoms. The van der Waals surface area contributed by atoms with Gasteiger partial charge in [0.2, 0.25) is 0 Å². The number of likely N-dealkylation sites (tertiary alicyclic amines) is 1. The molecule has 2 aromatic rings. The van der Waals surface area contributed by atoms with E-state index in [1.54, 1.807) is 7.11 Å². The summed E-state index contributed by atoms with van der Waals surface area (Å²) >= 11 is 6.29. The number of methoxy groups -OCH3 is 1. The van der Waals surface area contributed by atoms with Gasteiger partial charge in [0.1, 0.15) is 10.8 Å². The van der Waals surface area contributed by atoms with Crippen LogP contribution in [-0.2, 0) is 11.3 Å². The molecule has 0 aromatic carbocycles. The van der Waals surface area contributed by atoms with E-state index in [0.717, 1.165) is 25.0 Å². The van der Waals surface area contributed by atoms with Crippen LogP contribution in [0.1, 0.15) is 37.3 Å². The first-order chi connectivity index (χ1) is 10.7. The Labute approximate surface area is 136 Å². The molecule has 1 aliphatic carbocycles. The zero-order chi connectivity index (χ0) is 15.1. The molecule has 2 aliphatic rings. The largest absolute Gasteiger partial charge is 0.381 e. The van der Waals surface area contributed by atoms with Crippen LogP contribution in [0.25, 0.3) is 11.0 Å². The lowest BCUT2D eigenvalue weighted by atomic mass is 9.89. The molecule has 3 heterocycles. The Hall–Kier alpha value is -1.10. The summed E-state index contributed by atoms with van der Waals surface area (Å²) in [6, 6.07) is 4.73. The molecule has 22 heavy (non-hydrogen) atoms. The lowest BCUT2D eigenvalue weighted by Gasteiger charge is -2.35. The summed E-state index contributed by atoms with van der Waals surface area (Å²) in [7, 11) is 1.79. The molecule has 4 rings (SSSR count). The topological polar surface area (TPSA) is 30.3 Å². The number of nitrogens with zero attached hydrogens (tertiary/aromatic N) is 3. The van der Waals surface area contributed by atoms with Gasteiger partial charge in [-0.15, -0.1) is 0 Å². The zero-order valence-electron chi connectivity index (χ0n) is 13.0. The van der Waals surface area contributed by atoms with Crippen LogP contribution in [0.15, 0.2) is 18.3 Å². The minimum Gasteiger partial charge on any atom is -0.381 e. The maximum Gasteiger partial charge on any atom is 0.142 e. The average molecular weight is 320 g/mol. The van der Waals surface area contributed by atoms with E-state index in [-0.39, 0.29) is 0 Å². The predicted molar refractivity (Wildman–Crippen MR) is 88.3 cm³/mol. The Kier molecular flexibility index (Phi) is 3.84. The highest BCUT2D eigenvalue weighted by Gasteiger charge is 2.31. The maximum absolute atomic E-state index is 6.29. The quantitative estimate of drug-likeness (QED) is 0.806. The number of aromatic nitrogens is 2. The van der Waals surface area contributed by atoms with Gasteiger partial charge in [0.15, 0.2) is 0 Å². The first-order valence-corrected chi connectivity index (χ1v) is 8.53. The van der Waals surface area contributed by atoms with Gasteiger partial charge in [0.25, 0.3) is 0 Å². The number of hydrogen-bond donors (Lipinski definition) is 0. The van der Waals surface area contributed by atoms with Crippen LogP contribution >= 0.6 is 11.6 Å². The summed E-state index contributed by atoms with van der Waals surface area (Å²) in [5.74, 6) is 0. The van der Waals surface area contributed by atoms with Gasteiger partial charge < -0.3 is 9.30 Å². The van der Waals surface area contributed by atoms with Crippen molar-refractivity contribution >= 4 is 22.6 Å². The smallest absolute Gasteiger partial charge is 0.142 e. The number of ether oxygens (including phenoxy) is 1. The number of pyridine rings is 1. The predicted octanol–water partition coefficient (Wildman–Crippen LogP) is 3.64. The van der Waals surface area contributed by atoms with E-state index in [1.165, 1.54) is 36.9 Å². The van der Waals surface area contributed by atoms with Gasteiger partial charge in [-0.05, 0) is 56.5 Å². The highest BCUT2D eigenvalue weighted by Crippen LogP contribution is 2.37. The lowest BCUT2D eigenvalue weighted by molar-refractivity contribution is 0.00735. The van der Waals surface area contributed by atoms with Crippen LogP contribution in [0, 0.1) is 0 Å². The third-order valence-electron chi connectivity index (χ3n) is 5.13. The van der Waals surface area contributed by atoms with Gasteiger partial charge in [0, 0.05) is 31.3 Å². The molecule has 1 saturated carbocycles. The van der Waals surface area contributed by atoms with E-state index in [1.807, 2.05) is 6.07 Å². The summed E-state index contributed by atoms with van der Waals surface area (Å²) in [5, 5.41) is 1.85. The molecule has 0 N–H and O–H groups in total. The minimum absolute atomic E-state index is 0.394. The van der Waals surface area contributed by atoms with Crippen LogP contribution in [0.5, 0.6) is 0 Å². The fourth-order valence-electron chi connectivity index (χ4n) is 3.73. The van der Waals surface area contributed by atoms with Gasteiger partial charge in [-0.3, -0.25) is 4.90 Å². The molecule has 1 saturated heterocycles. The molecule has 2 aromatic heterocycles. The van der Waals surface area contributed by atoms with E-state index < -0.39 is 0 Å². The third-order valence-corrected chi connectivity index (χ3v) is 5.32. The van der Waals surface area contributed by atoms with Crippen molar-refractivity contribution in [3.8, 4) is 0 Å². The second-order valence-electron chi connectivity index (χ2n) is 6.53. The molecule has 1 aliphatic heterocycles. The van der Waals surface area contributed by atoms with Crippen molar-refractivity contribution in [2.75, 3.05) is 20.2 Å². The van der Waals surface area contributed by atoms with Crippen molar-refractivity contribution in [2.45, 2.75) is 44.4 Å². The monoisotopic (exact) mass is 319 g/mol. The van der Waals surface area contributed by atoms with Crippen molar-refractivity contribution in [3.63, 3.8) is 0 Å². The third kappa shape index (κ3) is 2.53. The lowest BCUT2D eigenvalue weighted by Crippen LogP contribution is -2.32. The summed E-state index contributed by atoms with van der Waals surface area (Å²) in [5.41, 5.74) is 2.33. The van der Waals surface area contributed by atoms with Crippen LogP contribution in [0.4, 0.5) is 0 Å². The van der Waals surface area contributed by atoms with Gasteiger partial charge in [0.05, 0.1) is 6.10 Å². The molecule has 0 atom stereocenters. The molecular weight excluding hydrogens is 298 g/mol. The van der Waals surface area contributed by atoms with E-state index in [4.69, 9.17) is 16.3 Å². The van der Waals surface area contributed by atoms with Gasteiger partial charge >= 0.3 is 0 Å². The van der Waals surface area contributed by atoms with Crippen LogP contribution in [-0.4, -0.2) is 40.8 Å². The molecule has 0 bridgehead atoms. The summed E-state index contributed by atoms with van der Waals surface area (Å²) < 4.78 is 7.68. The molecule has 118 valence electrons. The van der Waals surface area contributed by atoms with E-state index >= 15 is 0 Å². The molecule has 0 unspecified atom stereocenters. The second kappa shape index (κ2) is 5.84. The van der Waals surface area contributed by atoms with Crippen LogP contribution in [0.3, 0.4) is 0 Å². The number of rotatable bonds is 4. The van der Waals surface area contributed by atoms with Crippen molar-refractivity contribution in [3.05, 3.63) is 29.0 Å². The van der Waals surface area contributed by atoms with Gasteiger partial charge in [-0.2, -0.15) is 0 Å². The average Bonchev–Trinajstić information content (AvgIpc) is 3.08. The van der Waals surface area contributed by atoms with E-state index in [2.05, 4.69) is 26.7 Å². The van der Waals surface area contributed by atoms with Crippen molar-refractivity contribution < 1.29 is 4.74 Å². The van der Waals surface area contributed by atoms with Gasteiger partial charge in [-0.1, -0.05) is 11.6 Å². The van der Waals surface area contributed by atoms with Crippen molar-refractivity contribution in [1.82, 2.24) is 14.5 Å². The number of halogens is 1. The zero-order valence-corrected chi connectivity index (χ0v) is 13.7. The number of fused-ring (bicyclic) bond motifs is 1. The first kappa shape index (κ1) is 14.5. The van der Waals surface area contributed by atoms with Crippen LogP contribution < -0.4 is 0 Å². The standard InChI is InChI=1S/C17H22ClN3O/c1-22-14-9-13(10-14)21-7-4-15-12(8-16(18)19-17(15)21)11-20-5-2-3-6-20/h4,7-8,13-14H,2-3,5-6,9-11H2,1H3. The highest BCUT2D eigenvalue weighted by molar-refractivity contribution is 6.29. The highest BCUT2D eigenvalue weighted by atomic mass is 35.5. The molecule has 0 radical (unpaired) electrons. The molecular formula is C17H22ClN3O. The molecule has 0 amide bonds. The van der Waals surface area contributed by atoms with Crippen molar-refractivity contribution in [1.29, 1.82) is 0 Å². The molecule has 4 nitrogen and oxygen atoms in total. The van der Waals surface area contributed by atoms with Gasteiger partial charge in [-0.25, -0.2) is 4.98 Å². The van der Waals surface area contributed by atoms with E-state index in [9.17, 15) is 0 Å². The first-order valence-electron chi connectivity index (χ1n) is 8.15. The Balaban J connectivity index is 1.65. The maximum atomic E-state index is 6.29. The Morgan fingerprint density at radius 2 is 2.09 bits per heavy atom. The van der Waals surface area contributed by atoms with Crippen LogP contribution in [0.2, 0.25) is 5.15 Å². The van der Waals surface area contributed by atoms with Crippen molar-refractivity contribution in [2.24, 2.45) is 0 Å². The Bertz CT molecular complexity index is 672. The fourth-order valence-corrected chi connectivity index (χ4v) is 3.94. The number of hydrogen-bond acceptors (Lipinski definition) is 3. The minimum atomic E-state index is 0.394. The molecule has 2 fully saturated rings. The summed E-state index contributed by atoms with van der Waals surface area (Å²) in [4.78, 5) is 7.10. The Morgan fingerprint density at radius 3 is 2.82 bits per heavy atom.